The molecule has 0 radical (unpaired) electrons. The number of nitrogens with zero attached hydrogens (tertiary/aromatic N) is 2. The van der Waals surface area contributed by atoms with E-state index in [0.29, 0.717) is 12.3 Å². The van der Waals surface area contributed by atoms with Gasteiger partial charge in [-0.15, -0.1) is 0 Å². The van der Waals surface area contributed by atoms with Crippen LogP contribution in [0.15, 0.2) is 0 Å². The Labute approximate surface area is 132 Å². The highest BCUT2D eigenvalue weighted by Gasteiger charge is 2.28. The van der Waals surface area contributed by atoms with Crippen molar-refractivity contribution in [2.75, 3.05) is 39.4 Å². The number of hydrogen-bond acceptors (Lipinski definition) is 3. The Balaban J connectivity index is 1.37. The normalized spacial score (nSPS) is 26.5. The highest BCUT2D eigenvalue weighted by molar-refractivity contribution is 5.77. The van der Waals surface area contributed by atoms with Crippen LogP contribution in [-0.4, -0.2) is 67.2 Å². The van der Waals surface area contributed by atoms with Crippen molar-refractivity contribution in [3.63, 3.8) is 0 Å². The van der Waals surface area contributed by atoms with Gasteiger partial charge < -0.3 is 19.9 Å². The molecule has 3 saturated heterocycles. The highest BCUT2D eigenvalue weighted by Crippen LogP contribution is 2.18. The van der Waals surface area contributed by atoms with Crippen LogP contribution in [0.4, 0.5) is 4.79 Å². The van der Waals surface area contributed by atoms with Gasteiger partial charge in [0.05, 0.1) is 0 Å². The maximum absolute atomic E-state index is 12.3. The number of amides is 3. The first-order valence-corrected chi connectivity index (χ1v) is 8.63. The summed E-state index contributed by atoms with van der Waals surface area (Å²) in [6, 6.07) is 0.405. The van der Waals surface area contributed by atoms with E-state index in [2.05, 4.69) is 5.32 Å². The Morgan fingerprint density at radius 2 is 1.68 bits per heavy atom. The summed E-state index contributed by atoms with van der Waals surface area (Å²) in [7, 11) is 0. The Kier molecular flexibility index (Phi) is 5.18. The van der Waals surface area contributed by atoms with E-state index in [-0.39, 0.29) is 18.0 Å². The van der Waals surface area contributed by atoms with Crippen molar-refractivity contribution in [2.24, 2.45) is 5.92 Å². The lowest BCUT2D eigenvalue weighted by Gasteiger charge is -2.34. The van der Waals surface area contributed by atoms with Gasteiger partial charge >= 0.3 is 6.03 Å². The average Bonchev–Trinajstić information content (AvgIpc) is 3.20. The van der Waals surface area contributed by atoms with Crippen molar-refractivity contribution in [1.29, 1.82) is 0 Å². The lowest BCUT2D eigenvalue weighted by molar-refractivity contribution is -0.123. The molecule has 3 aliphatic heterocycles. The molecular weight excluding hydrogens is 282 g/mol. The van der Waals surface area contributed by atoms with Crippen LogP contribution in [-0.2, 0) is 9.53 Å². The van der Waals surface area contributed by atoms with Crippen LogP contribution in [0, 0.1) is 5.92 Å². The van der Waals surface area contributed by atoms with Crippen molar-refractivity contribution in [3.8, 4) is 0 Å². The Morgan fingerprint density at radius 3 is 2.32 bits per heavy atom. The van der Waals surface area contributed by atoms with E-state index in [0.717, 1.165) is 71.5 Å². The molecule has 6 nitrogen and oxygen atoms in total. The lowest BCUT2D eigenvalue weighted by atomic mass is 10.0. The van der Waals surface area contributed by atoms with E-state index < -0.39 is 0 Å². The minimum Gasteiger partial charge on any atom is -0.381 e. The number of carbonyl (C=O) groups is 2. The summed E-state index contributed by atoms with van der Waals surface area (Å²) < 4.78 is 5.31. The fourth-order valence-electron chi connectivity index (χ4n) is 3.62. The van der Waals surface area contributed by atoms with Gasteiger partial charge in [0.2, 0.25) is 5.91 Å². The zero-order chi connectivity index (χ0) is 15.4. The van der Waals surface area contributed by atoms with Crippen molar-refractivity contribution >= 4 is 11.9 Å². The number of nitrogens with one attached hydrogen (secondary N) is 1. The first-order valence-electron chi connectivity index (χ1n) is 8.63. The van der Waals surface area contributed by atoms with Crippen LogP contribution < -0.4 is 5.32 Å². The molecule has 3 rings (SSSR count). The summed E-state index contributed by atoms with van der Waals surface area (Å²) >= 11 is 0. The predicted octanol–water partition coefficient (Wildman–Crippen LogP) is 1.21. The zero-order valence-corrected chi connectivity index (χ0v) is 13.3. The molecule has 3 aliphatic rings. The SMILES string of the molecule is O=C(C[C@H]1CCOC1)NC1CCN(C(=O)N2CCCC2)CC1. The van der Waals surface area contributed by atoms with Crippen molar-refractivity contribution in [2.45, 2.75) is 44.6 Å². The number of carbonyl (C=O) groups excluding carboxylic acids is 2. The Hall–Kier alpha value is -1.30. The number of rotatable bonds is 3. The predicted molar refractivity (Wildman–Crippen MR) is 82.5 cm³/mol. The molecule has 1 atom stereocenters. The maximum atomic E-state index is 12.3. The first-order chi connectivity index (χ1) is 10.7. The van der Waals surface area contributed by atoms with Crippen LogP contribution in [0.2, 0.25) is 0 Å². The molecule has 3 fully saturated rings. The minimum atomic E-state index is 0.139. The summed E-state index contributed by atoms with van der Waals surface area (Å²) in [6.45, 7) is 4.82. The molecule has 0 aromatic heterocycles. The van der Waals surface area contributed by atoms with Crippen LogP contribution in [0.3, 0.4) is 0 Å². The molecule has 1 N–H and O–H groups in total. The molecule has 124 valence electrons. The summed E-state index contributed by atoms with van der Waals surface area (Å²) in [5, 5.41) is 3.13. The summed E-state index contributed by atoms with van der Waals surface area (Å²) in [5.74, 6) is 0.525. The van der Waals surface area contributed by atoms with Crippen LogP contribution in [0.5, 0.6) is 0 Å². The van der Waals surface area contributed by atoms with Crippen molar-refractivity contribution in [1.82, 2.24) is 15.1 Å². The molecule has 0 unspecified atom stereocenters. The molecule has 3 amide bonds. The quantitative estimate of drug-likeness (QED) is 0.852. The van der Waals surface area contributed by atoms with E-state index >= 15 is 0 Å². The molecule has 0 bridgehead atoms. The molecule has 6 heteroatoms. The van der Waals surface area contributed by atoms with Crippen molar-refractivity contribution in [3.05, 3.63) is 0 Å². The molecule has 3 heterocycles. The molecule has 0 spiro atoms. The van der Waals surface area contributed by atoms with Gasteiger partial charge in [-0.05, 0) is 38.0 Å². The maximum Gasteiger partial charge on any atom is 0.319 e. The largest absolute Gasteiger partial charge is 0.381 e. The summed E-state index contributed by atoms with van der Waals surface area (Å²) in [6.07, 6.45) is 5.56. The standard InChI is InChI=1S/C16H27N3O3/c20-15(11-13-5-10-22-12-13)17-14-3-8-19(9-4-14)16(21)18-6-1-2-7-18/h13-14H,1-12H2,(H,17,20)/t13-/m1/s1. The van der Waals surface area contributed by atoms with Gasteiger partial charge in [-0.1, -0.05) is 0 Å². The highest BCUT2D eigenvalue weighted by atomic mass is 16.5. The van der Waals surface area contributed by atoms with Gasteiger partial charge in [-0.2, -0.15) is 0 Å². The monoisotopic (exact) mass is 309 g/mol. The lowest BCUT2D eigenvalue weighted by Crippen LogP contribution is -2.50. The molecule has 0 aromatic carbocycles. The van der Waals surface area contributed by atoms with Gasteiger partial charge in [-0.25, -0.2) is 4.79 Å². The van der Waals surface area contributed by atoms with E-state index in [4.69, 9.17) is 4.74 Å². The number of urea groups is 1. The van der Waals surface area contributed by atoms with Gasteiger partial charge in [0, 0.05) is 51.9 Å². The molecule has 0 saturated carbocycles. The third-order valence-corrected chi connectivity index (χ3v) is 5.01. The second-order valence-electron chi connectivity index (χ2n) is 6.74. The molecule has 0 aromatic rings. The zero-order valence-electron chi connectivity index (χ0n) is 13.3. The third kappa shape index (κ3) is 3.91. The number of hydrogen-bond donors (Lipinski definition) is 1. The van der Waals surface area contributed by atoms with Gasteiger partial charge in [0.1, 0.15) is 0 Å². The topological polar surface area (TPSA) is 61.9 Å². The Bertz CT molecular complexity index is 395. The minimum absolute atomic E-state index is 0.139. The van der Waals surface area contributed by atoms with E-state index in [1.807, 2.05) is 9.80 Å². The summed E-state index contributed by atoms with van der Waals surface area (Å²) in [5.41, 5.74) is 0. The molecule has 22 heavy (non-hydrogen) atoms. The van der Waals surface area contributed by atoms with Crippen LogP contribution in [0.1, 0.15) is 38.5 Å². The van der Waals surface area contributed by atoms with Gasteiger partial charge in [-0.3, -0.25) is 4.79 Å². The number of piperidine rings is 1. The molecule has 0 aliphatic carbocycles. The van der Waals surface area contributed by atoms with Crippen LogP contribution in [0.25, 0.3) is 0 Å². The second-order valence-corrected chi connectivity index (χ2v) is 6.74. The van der Waals surface area contributed by atoms with Gasteiger partial charge in [0.15, 0.2) is 0 Å². The van der Waals surface area contributed by atoms with E-state index in [1.54, 1.807) is 0 Å². The fourth-order valence-corrected chi connectivity index (χ4v) is 3.62. The molecular formula is C16H27N3O3. The summed E-state index contributed by atoms with van der Waals surface area (Å²) in [4.78, 5) is 28.2. The third-order valence-electron chi connectivity index (χ3n) is 5.01. The fraction of sp³-hybridized carbons (Fsp3) is 0.875. The average molecular weight is 309 g/mol. The van der Waals surface area contributed by atoms with Gasteiger partial charge in [0.25, 0.3) is 0 Å². The van der Waals surface area contributed by atoms with E-state index in [1.165, 1.54) is 0 Å². The van der Waals surface area contributed by atoms with E-state index in [9.17, 15) is 9.59 Å². The smallest absolute Gasteiger partial charge is 0.319 e. The first kappa shape index (κ1) is 15.6. The van der Waals surface area contributed by atoms with Crippen molar-refractivity contribution < 1.29 is 14.3 Å². The number of ether oxygens (including phenoxy) is 1. The second kappa shape index (κ2) is 7.31. The Morgan fingerprint density at radius 1 is 1.00 bits per heavy atom. The van der Waals surface area contributed by atoms with Crippen LogP contribution >= 0.6 is 0 Å². The number of likely N-dealkylation sites (tertiary alicyclic amines) is 2.